The van der Waals surface area contributed by atoms with Gasteiger partial charge in [0.25, 0.3) is 12.4 Å². The van der Waals surface area contributed by atoms with Crippen molar-refractivity contribution in [1.29, 1.82) is 5.26 Å². The summed E-state index contributed by atoms with van der Waals surface area (Å²) in [6.45, 7) is 7.79. The molecule has 0 saturated carbocycles. The molecule has 5 rings (SSSR count). The second-order valence-electron chi connectivity index (χ2n) is 10.7. The SMILES string of the molecule is CCc1cc(Nc2nccn3c(-c4cn(C(C)C#N)nc4C(F)(F)F)cnc23)ccc1C(=O)NCCOCCN1CCCC1.O=CO. The fourth-order valence-electron chi connectivity index (χ4n) is 5.21. The highest BCUT2D eigenvalue weighted by atomic mass is 19.4. The zero-order chi connectivity index (χ0) is 34.0. The largest absolute Gasteiger partial charge is 0.483 e. The van der Waals surface area contributed by atoms with Gasteiger partial charge in [-0.05, 0) is 63.0 Å². The minimum atomic E-state index is -4.74. The molecular formula is C31H36F3N9O4. The van der Waals surface area contributed by atoms with E-state index >= 15 is 0 Å². The van der Waals surface area contributed by atoms with Gasteiger partial charge in [-0.2, -0.15) is 23.5 Å². The molecule has 0 radical (unpaired) electrons. The summed E-state index contributed by atoms with van der Waals surface area (Å²) in [5, 5.41) is 25.8. The fourth-order valence-corrected chi connectivity index (χ4v) is 5.21. The average molecular weight is 656 g/mol. The average Bonchev–Trinajstić information content (AvgIpc) is 3.83. The molecule has 1 fully saturated rings. The van der Waals surface area contributed by atoms with E-state index in [-0.39, 0.29) is 23.6 Å². The van der Waals surface area contributed by atoms with Crippen LogP contribution in [0.3, 0.4) is 0 Å². The van der Waals surface area contributed by atoms with Crippen LogP contribution in [0.1, 0.15) is 54.3 Å². The third-order valence-corrected chi connectivity index (χ3v) is 7.56. The number of carbonyl (C=O) groups is 2. The Morgan fingerprint density at radius 2 is 1.98 bits per heavy atom. The number of carboxylic acid groups (broad SMARTS) is 1. The van der Waals surface area contributed by atoms with Crippen LogP contribution in [0.4, 0.5) is 24.7 Å². The first-order chi connectivity index (χ1) is 22.6. The number of aryl methyl sites for hydroxylation is 1. The van der Waals surface area contributed by atoms with Gasteiger partial charge in [0.2, 0.25) is 0 Å². The van der Waals surface area contributed by atoms with Gasteiger partial charge in [-0.25, -0.2) is 9.97 Å². The molecule has 16 heteroatoms. The number of hydrogen-bond acceptors (Lipinski definition) is 9. The molecule has 1 aliphatic heterocycles. The number of nitrogens with one attached hydrogen (secondary N) is 2. The summed E-state index contributed by atoms with van der Waals surface area (Å²) < 4.78 is 49.8. The smallest absolute Gasteiger partial charge is 0.435 e. The van der Waals surface area contributed by atoms with Gasteiger partial charge in [-0.15, -0.1) is 0 Å². The summed E-state index contributed by atoms with van der Waals surface area (Å²) in [5.41, 5.74) is 1.13. The molecule has 0 bridgehead atoms. The summed E-state index contributed by atoms with van der Waals surface area (Å²) in [4.78, 5) is 32.3. The van der Waals surface area contributed by atoms with Crippen molar-refractivity contribution in [3.8, 4) is 17.3 Å². The molecule has 1 unspecified atom stereocenters. The lowest BCUT2D eigenvalue weighted by atomic mass is 10.0. The molecular weight excluding hydrogens is 619 g/mol. The van der Waals surface area contributed by atoms with E-state index in [2.05, 4.69) is 30.6 Å². The number of hydrogen-bond donors (Lipinski definition) is 3. The lowest BCUT2D eigenvalue weighted by Crippen LogP contribution is -2.29. The van der Waals surface area contributed by atoms with Crippen molar-refractivity contribution < 1.29 is 32.6 Å². The predicted molar refractivity (Wildman–Crippen MR) is 166 cm³/mol. The Kier molecular flexibility index (Phi) is 11.9. The van der Waals surface area contributed by atoms with E-state index in [1.54, 1.807) is 12.1 Å². The summed E-state index contributed by atoms with van der Waals surface area (Å²) in [5.74, 6) is 0.122. The minimum absolute atomic E-state index is 0.149. The Labute approximate surface area is 269 Å². The Morgan fingerprint density at radius 3 is 2.66 bits per heavy atom. The normalized spacial score (nSPS) is 13.9. The maximum absolute atomic E-state index is 13.9. The van der Waals surface area contributed by atoms with E-state index in [1.165, 1.54) is 49.0 Å². The van der Waals surface area contributed by atoms with Crippen molar-refractivity contribution >= 4 is 29.5 Å². The van der Waals surface area contributed by atoms with Crippen LogP contribution in [-0.2, 0) is 22.1 Å². The van der Waals surface area contributed by atoms with Crippen LogP contribution in [0.25, 0.3) is 16.9 Å². The maximum atomic E-state index is 13.9. The number of fused-ring (bicyclic) bond motifs is 1. The lowest BCUT2D eigenvalue weighted by Gasteiger charge is -2.15. The highest BCUT2D eigenvalue weighted by molar-refractivity contribution is 5.96. The standard InChI is InChI=1S/C30H34F3N9O2.CH2O2/c1-3-21-16-22(6-7-23(21)29(43)36-9-14-44-15-13-40-10-4-5-11-40)38-27-28-37-18-25(41(28)12-8-35-27)24-19-42(20(2)17-34)39-26(24)30(31,32)33;2-1-3/h6-8,12,16,18-20H,3-5,9-11,13-15H2,1-2H3,(H,35,38)(H,36,43);1H,(H,2,3). The number of imidazole rings is 1. The highest BCUT2D eigenvalue weighted by Gasteiger charge is 2.39. The molecule has 250 valence electrons. The quantitative estimate of drug-likeness (QED) is 0.146. The van der Waals surface area contributed by atoms with Crippen LogP contribution in [0.2, 0.25) is 0 Å². The van der Waals surface area contributed by atoms with Gasteiger partial charge in [-0.3, -0.25) is 18.7 Å². The third-order valence-electron chi connectivity index (χ3n) is 7.56. The van der Waals surface area contributed by atoms with Crippen molar-refractivity contribution in [3.05, 3.63) is 59.8 Å². The van der Waals surface area contributed by atoms with Gasteiger partial charge in [0, 0.05) is 42.9 Å². The molecule has 3 aromatic heterocycles. The van der Waals surface area contributed by atoms with Crippen LogP contribution < -0.4 is 10.6 Å². The van der Waals surface area contributed by atoms with E-state index in [0.29, 0.717) is 48.9 Å². The van der Waals surface area contributed by atoms with E-state index in [1.807, 2.05) is 19.1 Å². The molecule has 1 saturated heterocycles. The Hall–Kier alpha value is -5.01. The minimum Gasteiger partial charge on any atom is -0.483 e. The number of alkyl halides is 3. The maximum Gasteiger partial charge on any atom is 0.435 e. The molecule has 1 aliphatic rings. The van der Waals surface area contributed by atoms with Gasteiger partial charge in [0.1, 0.15) is 6.04 Å². The fraction of sp³-hybridized carbons (Fsp3) is 0.419. The summed E-state index contributed by atoms with van der Waals surface area (Å²) >= 11 is 0. The number of halogens is 3. The van der Waals surface area contributed by atoms with E-state index in [4.69, 9.17) is 14.6 Å². The van der Waals surface area contributed by atoms with E-state index in [9.17, 15) is 23.2 Å². The van der Waals surface area contributed by atoms with Crippen molar-refractivity contribution in [2.24, 2.45) is 0 Å². The molecule has 0 spiro atoms. The Morgan fingerprint density at radius 1 is 1.23 bits per heavy atom. The van der Waals surface area contributed by atoms with Gasteiger partial charge in [0.05, 0.1) is 36.7 Å². The first kappa shape index (κ1) is 34.9. The summed E-state index contributed by atoms with van der Waals surface area (Å²) in [6, 6.07) is 6.31. The van der Waals surface area contributed by atoms with Crippen molar-refractivity contribution in [2.75, 3.05) is 44.7 Å². The second-order valence-corrected chi connectivity index (χ2v) is 10.7. The number of amides is 1. The molecule has 4 aromatic rings. The molecule has 1 amide bonds. The number of nitriles is 1. The summed E-state index contributed by atoms with van der Waals surface area (Å²) in [7, 11) is 0. The number of likely N-dealkylation sites (tertiary alicyclic amines) is 1. The molecule has 3 N–H and O–H groups in total. The van der Waals surface area contributed by atoms with Crippen molar-refractivity contribution in [1.82, 2.24) is 34.4 Å². The van der Waals surface area contributed by atoms with Crippen LogP contribution in [0.15, 0.2) is 43.0 Å². The zero-order valence-corrected chi connectivity index (χ0v) is 26.0. The van der Waals surface area contributed by atoms with Crippen molar-refractivity contribution in [2.45, 2.75) is 45.3 Å². The molecule has 0 aliphatic carbocycles. The molecule has 1 atom stereocenters. The predicted octanol–water partition coefficient (Wildman–Crippen LogP) is 4.55. The molecule has 13 nitrogen and oxygen atoms in total. The topological polar surface area (TPSA) is 163 Å². The zero-order valence-electron chi connectivity index (χ0n) is 26.0. The van der Waals surface area contributed by atoms with Gasteiger partial charge < -0.3 is 25.4 Å². The first-order valence-corrected chi connectivity index (χ1v) is 15.1. The lowest BCUT2D eigenvalue weighted by molar-refractivity contribution is -0.141. The Bertz CT molecular complexity index is 1710. The highest BCUT2D eigenvalue weighted by Crippen LogP contribution is 2.37. The number of aromatic nitrogens is 5. The van der Waals surface area contributed by atoms with Gasteiger partial charge in [0.15, 0.2) is 17.2 Å². The number of carbonyl (C=O) groups excluding carboxylic acids is 1. The molecule has 4 heterocycles. The van der Waals surface area contributed by atoms with E-state index in [0.717, 1.165) is 29.9 Å². The Balaban J connectivity index is 0.00000160. The van der Waals surface area contributed by atoms with Crippen LogP contribution >= 0.6 is 0 Å². The summed E-state index contributed by atoms with van der Waals surface area (Å²) in [6.07, 6.45) is 3.82. The van der Waals surface area contributed by atoms with Crippen LogP contribution in [0.5, 0.6) is 0 Å². The number of ether oxygens (including phenoxy) is 1. The van der Waals surface area contributed by atoms with Crippen LogP contribution in [0, 0.1) is 11.3 Å². The first-order valence-electron chi connectivity index (χ1n) is 15.1. The van der Waals surface area contributed by atoms with Gasteiger partial charge in [-0.1, -0.05) is 6.92 Å². The molecule has 47 heavy (non-hydrogen) atoms. The van der Waals surface area contributed by atoms with Crippen LogP contribution in [-0.4, -0.2) is 85.9 Å². The second kappa shape index (κ2) is 16.0. The number of nitrogens with zero attached hydrogens (tertiary/aromatic N) is 7. The van der Waals surface area contributed by atoms with E-state index < -0.39 is 17.9 Å². The third kappa shape index (κ3) is 8.63. The molecule has 1 aromatic carbocycles. The number of benzene rings is 1. The number of anilines is 2. The van der Waals surface area contributed by atoms with Crippen molar-refractivity contribution in [3.63, 3.8) is 0 Å². The number of rotatable bonds is 12. The monoisotopic (exact) mass is 655 g/mol. The van der Waals surface area contributed by atoms with Gasteiger partial charge >= 0.3 is 6.18 Å².